The van der Waals surface area contributed by atoms with Crippen LogP contribution < -0.4 is 9.47 Å². The van der Waals surface area contributed by atoms with Crippen LogP contribution in [0, 0.1) is 13.8 Å². The molecule has 0 radical (unpaired) electrons. The Morgan fingerprint density at radius 1 is 0.425 bits per heavy atom. The highest BCUT2D eigenvalue weighted by molar-refractivity contribution is 5.99. The molecule has 0 saturated carbocycles. The number of hydrogen-bond donors (Lipinski definition) is 0. The maximum atomic E-state index is 5.41. The predicted octanol–water partition coefficient (Wildman–Crippen LogP) is 10.7. The zero-order chi connectivity index (χ0) is 28.5. The lowest BCUT2D eigenvalue weighted by molar-refractivity contribution is 0.415. The first-order valence-corrected chi connectivity index (χ1v) is 13.8. The fraction of sp³-hybridized carbons (Fsp3) is 0.158. The van der Waals surface area contributed by atoms with Gasteiger partial charge in [-0.2, -0.15) is 0 Å². The van der Waals surface area contributed by atoms with Crippen molar-refractivity contribution in [2.45, 2.75) is 27.7 Å². The van der Waals surface area contributed by atoms with Crippen LogP contribution in [-0.4, -0.2) is 14.2 Å². The van der Waals surface area contributed by atoms with Crippen molar-refractivity contribution in [1.29, 1.82) is 0 Å². The molecule has 0 heterocycles. The van der Waals surface area contributed by atoms with Crippen LogP contribution in [-0.2, 0) is 0 Å². The number of ether oxygens (including phenoxy) is 2. The molecule has 0 fully saturated rings. The van der Waals surface area contributed by atoms with Gasteiger partial charge in [-0.15, -0.1) is 0 Å². The van der Waals surface area contributed by atoms with Gasteiger partial charge in [0.15, 0.2) is 0 Å². The molecule has 0 atom stereocenters. The Hall–Kier alpha value is -4.56. The Morgan fingerprint density at radius 3 is 1.43 bits per heavy atom. The van der Waals surface area contributed by atoms with Crippen molar-refractivity contribution in [2.24, 2.45) is 0 Å². The molecular formula is C38H38O2. The summed E-state index contributed by atoms with van der Waals surface area (Å²) in [6.45, 7) is 8.22. The first kappa shape index (κ1) is 28.4. The number of aryl methyl sites for hydroxylation is 2. The van der Waals surface area contributed by atoms with Crippen LogP contribution in [0.2, 0.25) is 0 Å². The summed E-state index contributed by atoms with van der Waals surface area (Å²) in [7, 11) is 3.42. The normalized spacial score (nSPS) is 10.2. The lowest BCUT2D eigenvalue weighted by Crippen LogP contribution is -1.87. The lowest BCUT2D eigenvalue weighted by atomic mass is 9.97. The highest BCUT2D eigenvalue weighted by Crippen LogP contribution is 2.34. The Morgan fingerprint density at radius 2 is 0.925 bits per heavy atom. The summed E-state index contributed by atoms with van der Waals surface area (Å²) in [6.07, 6.45) is 0. The summed E-state index contributed by atoms with van der Waals surface area (Å²) in [5, 5.41) is 4.93. The lowest BCUT2D eigenvalue weighted by Gasteiger charge is -2.10. The quantitative estimate of drug-likeness (QED) is 0.227. The Kier molecular flexibility index (Phi) is 9.59. The molecule has 6 aromatic carbocycles. The molecule has 0 bridgehead atoms. The average molecular weight is 527 g/mol. The van der Waals surface area contributed by atoms with E-state index in [-0.39, 0.29) is 0 Å². The molecule has 0 unspecified atom stereocenters. The molecule has 6 rings (SSSR count). The van der Waals surface area contributed by atoms with Crippen molar-refractivity contribution < 1.29 is 9.47 Å². The molecule has 0 saturated heterocycles. The number of benzene rings is 6. The van der Waals surface area contributed by atoms with E-state index < -0.39 is 0 Å². The van der Waals surface area contributed by atoms with Gasteiger partial charge in [-0.25, -0.2) is 0 Å². The van der Waals surface area contributed by atoms with E-state index in [0.717, 1.165) is 11.5 Å². The van der Waals surface area contributed by atoms with Gasteiger partial charge >= 0.3 is 0 Å². The summed E-state index contributed by atoms with van der Waals surface area (Å²) >= 11 is 0. The van der Waals surface area contributed by atoms with E-state index in [1.54, 1.807) is 14.2 Å². The molecule has 40 heavy (non-hydrogen) atoms. The molecule has 0 amide bonds. The molecule has 0 N–H and O–H groups in total. The second-order valence-electron chi connectivity index (χ2n) is 9.53. The fourth-order valence-corrected chi connectivity index (χ4v) is 4.83. The van der Waals surface area contributed by atoms with Crippen LogP contribution >= 0.6 is 0 Å². The van der Waals surface area contributed by atoms with Crippen molar-refractivity contribution in [3.05, 3.63) is 132 Å². The summed E-state index contributed by atoms with van der Waals surface area (Å²) in [5.41, 5.74) is 7.43. The molecule has 0 aromatic heterocycles. The Balaban J connectivity index is 0.000000174. The first-order valence-electron chi connectivity index (χ1n) is 13.8. The van der Waals surface area contributed by atoms with E-state index in [1.165, 1.54) is 54.9 Å². The second-order valence-corrected chi connectivity index (χ2v) is 9.53. The van der Waals surface area contributed by atoms with Gasteiger partial charge in [0.25, 0.3) is 0 Å². The van der Waals surface area contributed by atoms with Gasteiger partial charge in [-0.1, -0.05) is 122 Å². The summed E-state index contributed by atoms with van der Waals surface area (Å²) < 4.78 is 10.8. The number of fused-ring (bicyclic) bond motifs is 2. The standard InChI is InChI=1S/2C18H16O.C2H6/c1-13-6-5-8-14(10-13)18-12-16(19-2)11-15-7-3-4-9-17(15)18;1-13-7-9-14(10-8-13)18-12-16(19-2)11-15-5-3-4-6-17(15)18;1-2/h2*3-12H,1-2H3;1-2H3. The van der Waals surface area contributed by atoms with Crippen molar-refractivity contribution in [2.75, 3.05) is 14.2 Å². The third-order valence-corrected chi connectivity index (χ3v) is 6.83. The molecule has 0 aliphatic carbocycles. The molecule has 6 aromatic rings. The van der Waals surface area contributed by atoms with E-state index in [0.29, 0.717) is 0 Å². The monoisotopic (exact) mass is 526 g/mol. The molecule has 0 spiro atoms. The van der Waals surface area contributed by atoms with Crippen LogP contribution in [0.1, 0.15) is 25.0 Å². The van der Waals surface area contributed by atoms with Crippen LogP contribution in [0.25, 0.3) is 43.8 Å². The van der Waals surface area contributed by atoms with Gasteiger partial charge < -0.3 is 9.47 Å². The van der Waals surface area contributed by atoms with Gasteiger partial charge in [0, 0.05) is 0 Å². The van der Waals surface area contributed by atoms with Crippen LogP contribution in [0.15, 0.2) is 121 Å². The highest BCUT2D eigenvalue weighted by atomic mass is 16.5. The van der Waals surface area contributed by atoms with Crippen molar-refractivity contribution in [3.63, 3.8) is 0 Å². The zero-order valence-electron chi connectivity index (χ0n) is 24.4. The highest BCUT2D eigenvalue weighted by Gasteiger charge is 2.08. The fourth-order valence-electron chi connectivity index (χ4n) is 4.83. The molecule has 2 heteroatoms. The van der Waals surface area contributed by atoms with E-state index in [9.17, 15) is 0 Å². The second kappa shape index (κ2) is 13.5. The third-order valence-electron chi connectivity index (χ3n) is 6.83. The van der Waals surface area contributed by atoms with Gasteiger partial charge in [-0.05, 0) is 81.9 Å². The molecule has 0 aliphatic rings. The van der Waals surface area contributed by atoms with Gasteiger partial charge in [0.05, 0.1) is 14.2 Å². The van der Waals surface area contributed by atoms with Crippen LogP contribution in [0.5, 0.6) is 11.5 Å². The Labute approximate surface area is 238 Å². The zero-order valence-corrected chi connectivity index (χ0v) is 24.4. The maximum Gasteiger partial charge on any atom is 0.120 e. The van der Waals surface area contributed by atoms with Gasteiger partial charge in [0.1, 0.15) is 11.5 Å². The summed E-state index contributed by atoms with van der Waals surface area (Å²) in [6, 6.07) is 42.4. The Bertz CT molecular complexity index is 1700. The van der Waals surface area contributed by atoms with E-state index in [1.807, 2.05) is 13.8 Å². The smallest absolute Gasteiger partial charge is 0.120 e. The van der Waals surface area contributed by atoms with E-state index in [2.05, 4.69) is 135 Å². The molecule has 0 aliphatic heterocycles. The minimum Gasteiger partial charge on any atom is -0.497 e. The van der Waals surface area contributed by atoms with Crippen molar-refractivity contribution >= 4 is 21.5 Å². The predicted molar refractivity (Wildman–Crippen MR) is 173 cm³/mol. The van der Waals surface area contributed by atoms with Crippen molar-refractivity contribution in [1.82, 2.24) is 0 Å². The number of methoxy groups -OCH3 is 2. The van der Waals surface area contributed by atoms with Crippen molar-refractivity contribution in [3.8, 4) is 33.8 Å². The maximum absolute atomic E-state index is 5.41. The minimum absolute atomic E-state index is 0.897. The SMILES string of the molecule is CC.COc1cc(-c2ccc(C)cc2)c2ccccc2c1.COc1cc(-c2cccc(C)c2)c2ccccc2c1. The molecule has 202 valence electrons. The molecule has 2 nitrogen and oxygen atoms in total. The van der Waals surface area contributed by atoms with E-state index in [4.69, 9.17) is 9.47 Å². The topological polar surface area (TPSA) is 18.5 Å². The summed E-state index contributed by atoms with van der Waals surface area (Å²) in [4.78, 5) is 0. The van der Waals surface area contributed by atoms with E-state index >= 15 is 0 Å². The minimum atomic E-state index is 0.897. The van der Waals surface area contributed by atoms with Crippen LogP contribution in [0.4, 0.5) is 0 Å². The third kappa shape index (κ3) is 6.52. The molecular weight excluding hydrogens is 488 g/mol. The largest absolute Gasteiger partial charge is 0.497 e. The summed E-state index contributed by atoms with van der Waals surface area (Å²) in [5.74, 6) is 1.80. The number of rotatable bonds is 4. The average Bonchev–Trinajstić information content (AvgIpc) is 3.01. The van der Waals surface area contributed by atoms with Crippen LogP contribution in [0.3, 0.4) is 0 Å². The van der Waals surface area contributed by atoms with Gasteiger partial charge in [-0.3, -0.25) is 0 Å². The first-order chi connectivity index (χ1) is 19.6. The van der Waals surface area contributed by atoms with Gasteiger partial charge in [0.2, 0.25) is 0 Å². The number of hydrogen-bond acceptors (Lipinski definition) is 2.